The molecule has 0 aliphatic heterocycles. The van der Waals surface area contributed by atoms with Crippen LogP contribution in [-0.2, 0) is 14.2 Å². The fourth-order valence-corrected chi connectivity index (χ4v) is 3.43. The van der Waals surface area contributed by atoms with Gasteiger partial charge in [-0.15, -0.1) is 0 Å². The molecule has 2 saturated carbocycles. The van der Waals surface area contributed by atoms with E-state index in [1.165, 1.54) is 38.5 Å². The van der Waals surface area contributed by atoms with Crippen LogP contribution in [0, 0.1) is 17.8 Å². The lowest BCUT2D eigenvalue weighted by Gasteiger charge is -2.07. The highest BCUT2D eigenvalue weighted by molar-refractivity contribution is 5.67. The molecule has 2 rings (SSSR count). The largest absolute Gasteiger partial charge is 0.449 e. The Morgan fingerprint density at radius 3 is 2.43 bits per heavy atom. The molecule has 21 heavy (non-hydrogen) atoms. The summed E-state index contributed by atoms with van der Waals surface area (Å²) in [6.45, 7) is 2.70. The van der Waals surface area contributed by atoms with Crippen LogP contribution in [0.15, 0.2) is 0 Å². The normalized spacial score (nSPS) is 28.1. The minimum Gasteiger partial charge on any atom is -0.449 e. The summed E-state index contributed by atoms with van der Waals surface area (Å²) in [7, 11) is 1.64. The van der Waals surface area contributed by atoms with Crippen LogP contribution in [0.25, 0.3) is 0 Å². The molecule has 2 fully saturated rings. The van der Waals surface area contributed by atoms with Crippen LogP contribution in [0.1, 0.15) is 38.5 Å². The van der Waals surface area contributed by atoms with Gasteiger partial charge >= 0.3 is 6.09 Å². The van der Waals surface area contributed by atoms with E-state index in [0.29, 0.717) is 38.9 Å². The van der Waals surface area contributed by atoms with Gasteiger partial charge in [-0.05, 0) is 30.6 Å². The standard InChI is InChI=1S/C16H29NO4/c1-19-10-11-20-9-8-17-16(18)21-12-15-13-6-4-2-3-5-7-14(13)15/h13-15H,2-12H2,1H3,(H,17,18). The number of carbonyl (C=O) groups is 1. The number of rotatable bonds is 8. The molecule has 2 unspecified atom stereocenters. The molecule has 0 spiro atoms. The summed E-state index contributed by atoms with van der Waals surface area (Å²) < 4.78 is 15.5. The van der Waals surface area contributed by atoms with E-state index >= 15 is 0 Å². The van der Waals surface area contributed by atoms with Crippen LogP contribution >= 0.6 is 0 Å². The number of hydrogen-bond donors (Lipinski definition) is 1. The lowest BCUT2D eigenvalue weighted by Crippen LogP contribution is -2.29. The topological polar surface area (TPSA) is 56.8 Å². The zero-order chi connectivity index (χ0) is 14.9. The molecule has 5 heteroatoms. The monoisotopic (exact) mass is 299 g/mol. The summed E-state index contributed by atoms with van der Waals surface area (Å²) in [5.74, 6) is 2.25. The summed E-state index contributed by atoms with van der Waals surface area (Å²) in [5, 5.41) is 2.72. The second-order valence-corrected chi connectivity index (χ2v) is 6.11. The number of carbonyl (C=O) groups excluding carboxylic acids is 1. The molecule has 0 aromatic rings. The molecule has 0 saturated heterocycles. The highest BCUT2D eigenvalue weighted by atomic mass is 16.5. The number of methoxy groups -OCH3 is 1. The predicted molar refractivity (Wildman–Crippen MR) is 80.2 cm³/mol. The maximum atomic E-state index is 11.6. The molecule has 5 nitrogen and oxygen atoms in total. The second kappa shape index (κ2) is 9.26. The first kappa shape index (κ1) is 16.6. The molecule has 0 aromatic carbocycles. The van der Waals surface area contributed by atoms with Gasteiger partial charge < -0.3 is 19.5 Å². The molecule has 0 radical (unpaired) electrons. The molecular weight excluding hydrogens is 270 g/mol. The first-order valence-electron chi connectivity index (χ1n) is 8.30. The Morgan fingerprint density at radius 2 is 1.76 bits per heavy atom. The van der Waals surface area contributed by atoms with Crippen LogP contribution in [0.5, 0.6) is 0 Å². The maximum Gasteiger partial charge on any atom is 0.407 e. The second-order valence-electron chi connectivity index (χ2n) is 6.11. The first-order valence-corrected chi connectivity index (χ1v) is 8.30. The van der Waals surface area contributed by atoms with E-state index < -0.39 is 0 Å². The molecule has 0 bridgehead atoms. The summed E-state index contributed by atoms with van der Waals surface area (Å²) in [6.07, 6.45) is 7.79. The van der Waals surface area contributed by atoms with E-state index in [0.717, 1.165) is 11.8 Å². The SMILES string of the molecule is COCCOCCNC(=O)OCC1C2CCCCCCC21. The van der Waals surface area contributed by atoms with Crippen molar-refractivity contribution in [3.8, 4) is 0 Å². The van der Waals surface area contributed by atoms with E-state index in [2.05, 4.69) is 5.32 Å². The molecular formula is C16H29NO4. The lowest BCUT2D eigenvalue weighted by molar-refractivity contribution is 0.0703. The Bertz CT molecular complexity index is 297. The Labute approximate surface area is 127 Å². The van der Waals surface area contributed by atoms with Crippen molar-refractivity contribution >= 4 is 6.09 Å². The van der Waals surface area contributed by atoms with Crippen LogP contribution in [0.3, 0.4) is 0 Å². The average Bonchev–Trinajstić information content (AvgIpc) is 3.10. The van der Waals surface area contributed by atoms with E-state index in [1.807, 2.05) is 0 Å². The number of hydrogen-bond acceptors (Lipinski definition) is 4. The molecule has 1 amide bonds. The highest BCUT2D eigenvalue weighted by Crippen LogP contribution is 2.53. The van der Waals surface area contributed by atoms with Crippen LogP contribution in [0.4, 0.5) is 4.79 Å². The Morgan fingerprint density at radius 1 is 1.05 bits per heavy atom. The van der Waals surface area contributed by atoms with Gasteiger partial charge in [0.25, 0.3) is 0 Å². The van der Waals surface area contributed by atoms with Crippen molar-refractivity contribution in [3.63, 3.8) is 0 Å². The van der Waals surface area contributed by atoms with Crippen LogP contribution in [-0.4, -0.2) is 46.2 Å². The van der Waals surface area contributed by atoms with Crippen molar-refractivity contribution in [2.24, 2.45) is 17.8 Å². The summed E-state index contributed by atoms with van der Waals surface area (Å²) >= 11 is 0. The van der Waals surface area contributed by atoms with Gasteiger partial charge in [0.15, 0.2) is 0 Å². The van der Waals surface area contributed by atoms with E-state index in [1.54, 1.807) is 7.11 Å². The third-order valence-corrected chi connectivity index (χ3v) is 4.69. The fourth-order valence-electron chi connectivity index (χ4n) is 3.43. The zero-order valence-electron chi connectivity index (χ0n) is 13.1. The maximum absolute atomic E-state index is 11.6. The molecule has 1 N–H and O–H groups in total. The van der Waals surface area contributed by atoms with Crippen molar-refractivity contribution in [2.45, 2.75) is 38.5 Å². The number of ether oxygens (including phenoxy) is 3. The van der Waals surface area contributed by atoms with Gasteiger partial charge in [0.05, 0.1) is 26.4 Å². The van der Waals surface area contributed by atoms with Crippen molar-refractivity contribution in [1.82, 2.24) is 5.32 Å². The lowest BCUT2D eigenvalue weighted by atomic mass is 10.0. The quantitative estimate of drug-likeness (QED) is 0.700. The van der Waals surface area contributed by atoms with Crippen LogP contribution < -0.4 is 5.32 Å². The Hall–Kier alpha value is -0.810. The molecule has 2 aliphatic carbocycles. The van der Waals surface area contributed by atoms with Gasteiger partial charge in [-0.2, -0.15) is 0 Å². The van der Waals surface area contributed by atoms with Crippen molar-refractivity contribution in [1.29, 1.82) is 0 Å². The van der Waals surface area contributed by atoms with Gasteiger partial charge in [-0.1, -0.05) is 25.7 Å². The highest BCUT2D eigenvalue weighted by Gasteiger charge is 2.49. The van der Waals surface area contributed by atoms with Gasteiger partial charge in [0.2, 0.25) is 0 Å². The molecule has 2 atom stereocenters. The Kier molecular flexibility index (Phi) is 7.30. The van der Waals surface area contributed by atoms with E-state index in [9.17, 15) is 4.79 Å². The van der Waals surface area contributed by atoms with E-state index in [4.69, 9.17) is 14.2 Å². The van der Waals surface area contributed by atoms with Gasteiger partial charge in [-0.25, -0.2) is 4.79 Å². The number of fused-ring (bicyclic) bond motifs is 1. The smallest absolute Gasteiger partial charge is 0.407 e. The minimum atomic E-state index is -0.315. The van der Waals surface area contributed by atoms with Gasteiger partial charge in [-0.3, -0.25) is 0 Å². The van der Waals surface area contributed by atoms with Crippen molar-refractivity contribution < 1.29 is 19.0 Å². The first-order chi connectivity index (χ1) is 10.3. The molecule has 0 aromatic heterocycles. The number of alkyl carbamates (subject to hydrolysis) is 1. The van der Waals surface area contributed by atoms with E-state index in [-0.39, 0.29) is 6.09 Å². The van der Waals surface area contributed by atoms with Crippen LogP contribution in [0.2, 0.25) is 0 Å². The third-order valence-electron chi connectivity index (χ3n) is 4.69. The summed E-state index contributed by atoms with van der Waals surface area (Å²) in [6, 6.07) is 0. The minimum absolute atomic E-state index is 0.315. The number of nitrogens with one attached hydrogen (secondary N) is 1. The zero-order valence-corrected chi connectivity index (χ0v) is 13.1. The Balaban J connectivity index is 1.49. The fraction of sp³-hybridized carbons (Fsp3) is 0.938. The van der Waals surface area contributed by atoms with Crippen molar-refractivity contribution in [2.75, 3.05) is 40.1 Å². The van der Waals surface area contributed by atoms with Gasteiger partial charge in [0.1, 0.15) is 0 Å². The average molecular weight is 299 g/mol. The summed E-state index contributed by atoms with van der Waals surface area (Å²) in [5.41, 5.74) is 0. The number of amides is 1. The van der Waals surface area contributed by atoms with Crippen molar-refractivity contribution in [3.05, 3.63) is 0 Å². The predicted octanol–water partition coefficient (Wildman–Crippen LogP) is 2.59. The summed E-state index contributed by atoms with van der Waals surface area (Å²) in [4.78, 5) is 11.6. The van der Waals surface area contributed by atoms with Gasteiger partial charge in [0, 0.05) is 13.7 Å². The third kappa shape index (κ3) is 5.83. The molecule has 2 aliphatic rings. The molecule has 122 valence electrons. The molecule has 0 heterocycles.